The van der Waals surface area contributed by atoms with Gasteiger partial charge in [0.25, 0.3) is 0 Å². The van der Waals surface area contributed by atoms with Gasteiger partial charge in [0.2, 0.25) is 0 Å². The Kier molecular flexibility index (Phi) is 4.35. The molecule has 2 heterocycles. The van der Waals surface area contributed by atoms with Crippen molar-refractivity contribution in [3.63, 3.8) is 0 Å². The molecule has 0 aromatic carbocycles. The molecule has 0 saturated carbocycles. The number of rotatable bonds is 5. The van der Waals surface area contributed by atoms with Crippen molar-refractivity contribution in [3.8, 4) is 0 Å². The fourth-order valence-electron chi connectivity index (χ4n) is 1.44. The number of nitrogens with one attached hydrogen (secondary N) is 2. The van der Waals surface area contributed by atoms with Crippen LogP contribution in [-0.4, -0.2) is 9.97 Å². The predicted octanol–water partition coefficient (Wildman–Crippen LogP) is 2.65. The highest BCUT2D eigenvalue weighted by atomic mass is 35.5. The molecule has 0 aliphatic carbocycles. The number of nitrogen functional groups attached to an aromatic ring is 1. The maximum Gasteiger partial charge on any atom is 0.145 e. The molecule has 0 amide bonds. The Morgan fingerprint density at radius 2 is 2.11 bits per heavy atom. The number of anilines is 2. The Labute approximate surface area is 114 Å². The lowest BCUT2D eigenvalue weighted by Crippen LogP contribution is -2.12. The maximum atomic E-state index is 5.88. The second-order valence-electron chi connectivity index (χ2n) is 3.61. The third-order valence-corrected chi connectivity index (χ3v) is 3.54. The topological polar surface area (TPSA) is 75.9 Å². The standard InChI is InChI=1S/C11H14ClN5S/c1-2-9-15-10(5-11(16-9)17-13)14-6-7-3-4-8(12)18-7/h3-5H,2,6,13H2,1H3,(H2,14,15,16,17). The number of thiophene rings is 1. The van der Waals surface area contributed by atoms with Crippen molar-refractivity contribution >= 4 is 34.6 Å². The van der Waals surface area contributed by atoms with Gasteiger partial charge in [-0.15, -0.1) is 11.3 Å². The summed E-state index contributed by atoms with van der Waals surface area (Å²) < 4.78 is 0.785. The Bertz CT molecular complexity index is 506. The van der Waals surface area contributed by atoms with Crippen molar-refractivity contribution in [2.75, 3.05) is 10.7 Å². The summed E-state index contributed by atoms with van der Waals surface area (Å²) in [5.74, 6) is 7.47. The van der Waals surface area contributed by atoms with Gasteiger partial charge in [-0.2, -0.15) is 0 Å². The second kappa shape index (κ2) is 5.99. The summed E-state index contributed by atoms with van der Waals surface area (Å²) in [6.07, 6.45) is 0.759. The molecule has 0 radical (unpaired) electrons. The minimum atomic E-state index is 0.605. The van der Waals surface area contributed by atoms with E-state index >= 15 is 0 Å². The zero-order valence-electron chi connectivity index (χ0n) is 9.90. The van der Waals surface area contributed by atoms with Crippen LogP contribution in [0.2, 0.25) is 4.34 Å². The minimum Gasteiger partial charge on any atom is -0.365 e. The molecule has 0 spiro atoms. The first-order valence-electron chi connectivity index (χ1n) is 5.54. The van der Waals surface area contributed by atoms with Gasteiger partial charge < -0.3 is 10.7 Å². The number of hydrazine groups is 1. The molecule has 0 unspecified atom stereocenters. The number of nitrogens with zero attached hydrogens (tertiary/aromatic N) is 2. The van der Waals surface area contributed by atoms with Crippen LogP contribution in [0.4, 0.5) is 11.6 Å². The van der Waals surface area contributed by atoms with E-state index in [1.807, 2.05) is 19.1 Å². The Morgan fingerprint density at radius 3 is 2.72 bits per heavy atom. The van der Waals surface area contributed by atoms with Crippen LogP contribution in [0.1, 0.15) is 17.6 Å². The molecular weight excluding hydrogens is 270 g/mol. The third kappa shape index (κ3) is 3.32. The van der Waals surface area contributed by atoms with Crippen molar-refractivity contribution in [3.05, 3.63) is 33.2 Å². The molecule has 0 fully saturated rings. The largest absolute Gasteiger partial charge is 0.365 e. The van der Waals surface area contributed by atoms with Gasteiger partial charge in [0.1, 0.15) is 17.5 Å². The number of hydrogen-bond acceptors (Lipinski definition) is 6. The van der Waals surface area contributed by atoms with E-state index in [-0.39, 0.29) is 0 Å². The number of aryl methyl sites for hydroxylation is 1. The van der Waals surface area contributed by atoms with Gasteiger partial charge in [0.05, 0.1) is 10.9 Å². The van der Waals surface area contributed by atoms with Crippen LogP contribution in [0.15, 0.2) is 18.2 Å². The summed E-state index contributed by atoms with van der Waals surface area (Å²) in [5.41, 5.74) is 2.53. The molecule has 0 bridgehead atoms. The van der Waals surface area contributed by atoms with E-state index in [0.717, 1.165) is 27.3 Å². The Hall–Kier alpha value is -1.37. The van der Waals surface area contributed by atoms with Crippen LogP contribution in [0.25, 0.3) is 0 Å². The van der Waals surface area contributed by atoms with Crippen molar-refractivity contribution in [1.29, 1.82) is 0 Å². The van der Waals surface area contributed by atoms with Gasteiger partial charge in [0, 0.05) is 17.4 Å². The SMILES string of the molecule is CCc1nc(NN)cc(NCc2ccc(Cl)s2)n1. The first-order valence-corrected chi connectivity index (χ1v) is 6.73. The van der Waals surface area contributed by atoms with E-state index in [9.17, 15) is 0 Å². The van der Waals surface area contributed by atoms with E-state index in [1.54, 1.807) is 17.4 Å². The van der Waals surface area contributed by atoms with Crippen LogP contribution in [0.3, 0.4) is 0 Å². The van der Waals surface area contributed by atoms with Gasteiger partial charge in [0.15, 0.2) is 0 Å². The lowest BCUT2D eigenvalue weighted by atomic mass is 10.4. The van der Waals surface area contributed by atoms with Crippen LogP contribution in [-0.2, 0) is 13.0 Å². The van der Waals surface area contributed by atoms with Crippen molar-refractivity contribution in [1.82, 2.24) is 9.97 Å². The van der Waals surface area contributed by atoms with Crippen LogP contribution in [0, 0.1) is 0 Å². The molecule has 0 saturated heterocycles. The van der Waals surface area contributed by atoms with Crippen LogP contribution in [0.5, 0.6) is 0 Å². The maximum absolute atomic E-state index is 5.88. The Balaban J connectivity index is 2.08. The van der Waals surface area contributed by atoms with Crippen LogP contribution < -0.4 is 16.6 Å². The van der Waals surface area contributed by atoms with Gasteiger partial charge in [-0.05, 0) is 12.1 Å². The second-order valence-corrected chi connectivity index (χ2v) is 5.41. The summed E-state index contributed by atoms with van der Waals surface area (Å²) in [5, 5.41) is 3.23. The van der Waals surface area contributed by atoms with Gasteiger partial charge >= 0.3 is 0 Å². The smallest absolute Gasteiger partial charge is 0.145 e. The lowest BCUT2D eigenvalue weighted by Gasteiger charge is -2.08. The van der Waals surface area contributed by atoms with Crippen LogP contribution >= 0.6 is 22.9 Å². The zero-order valence-corrected chi connectivity index (χ0v) is 11.5. The molecule has 2 aromatic rings. The average molecular weight is 284 g/mol. The molecule has 0 atom stereocenters. The number of halogens is 1. The third-order valence-electron chi connectivity index (χ3n) is 2.31. The molecule has 96 valence electrons. The van der Waals surface area contributed by atoms with Crippen molar-refractivity contribution < 1.29 is 0 Å². The fourth-order valence-corrected chi connectivity index (χ4v) is 2.47. The van der Waals surface area contributed by atoms with Crippen molar-refractivity contribution in [2.24, 2.45) is 5.84 Å². The molecule has 7 heteroatoms. The van der Waals surface area contributed by atoms with E-state index < -0.39 is 0 Å². The highest BCUT2D eigenvalue weighted by Crippen LogP contribution is 2.22. The summed E-state index contributed by atoms with van der Waals surface area (Å²) in [6, 6.07) is 5.64. The van der Waals surface area contributed by atoms with Gasteiger partial charge in [-0.25, -0.2) is 15.8 Å². The monoisotopic (exact) mass is 283 g/mol. The van der Waals surface area contributed by atoms with Gasteiger partial charge in [-0.3, -0.25) is 0 Å². The molecular formula is C11H14ClN5S. The summed E-state index contributed by atoms with van der Waals surface area (Å²) in [4.78, 5) is 9.75. The molecule has 0 aliphatic rings. The summed E-state index contributed by atoms with van der Waals surface area (Å²) in [7, 11) is 0. The fraction of sp³-hybridized carbons (Fsp3) is 0.273. The quantitative estimate of drug-likeness (QED) is 0.581. The number of nitrogens with two attached hydrogens (primary N) is 1. The number of aromatic nitrogens is 2. The highest BCUT2D eigenvalue weighted by Gasteiger charge is 2.03. The molecule has 18 heavy (non-hydrogen) atoms. The number of hydrogen-bond donors (Lipinski definition) is 3. The Morgan fingerprint density at radius 1 is 1.33 bits per heavy atom. The van der Waals surface area contributed by atoms with Gasteiger partial charge in [-0.1, -0.05) is 18.5 Å². The molecule has 5 nitrogen and oxygen atoms in total. The summed E-state index contributed by atoms with van der Waals surface area (Å²) >= 11 is 7.42. The van der Waals surface area contributed by atoms with E-state index in [2.05, 4.69) is 20.7 Å². The minimum absolute atomic E-state index is 0.605. The van der Waals surface area contributed by atoms with E-state index in [4.69, 9.17) is 17.4 Å². The van der Waals surface area contributed by atoms with E-state index in [0.29, 0.717) is 12.4 Å². The summed E-state index contributed by atoms with van der Waals surface area (Å²) in [6.45, 7) is 2.68. The first kappa shape index (κ1) is 13.1. The van der Waals surface area contributed by atoms with Crippen molar-refractivity contribution in [2.45, 2.75) is 19.9 Å². The molecule has 2 aromatic heterocycles. The lowest BCUT2D eigenvalue weighted by molar-refractivity contribution is 0.932. The highest BCUT2D eigenvalue weighted by molar-refractivity contribution is 7.16. The normalized spacial score (nSPS) is 10.4. The molecule has 2 rings (SSSR count). The average Bonchev–Trinajstić information content (AvgIpc) is 2.81. The first-order chi connectivity index (χ1) is 8.71. The molecule has 0 aliphatic heterocycles. The van der Waals surface area contributed by atoms with E-state index in [1.165, 1.54) is 0 Å². The molecule has 4 N–H and O–H groups in total. The predicted molar refractivity (Wildman–Crippen MR) is 75.9 cm³/mol. The zero-order chi connectivity index (χ0) is 13.0.